The summed E-state index contributed by atoms with van der Waals surface area (Å²) in [5.74, 6) is 0.334. The van der Waals surface area contributed by atoms with Crippen LogP contribution >= 0.6 is 0 Å². The van der Waals surface area contributed by atoms with Gasteiger partial charge in [0.2, 0.25) is 0 Å². The molecule has 0 aromatic heterocycles. The number of esters is 1. The molecule has 2 N–H and O–H groups in total. The molecule has 0 spiro atoms. The molecule has 0 radical (unpaired) electrons. The van der Waals surface area contributed by atoms with Crippen molar-refractivity contribution in [1.29, 1.82) is 0 Å². The van der Waals surface area contributed by atoms with Crippen molar-refractivity contribution in [3.63, 3.8) is 0 Å². The first-order valence-corrected chi connectivity index (χ1v) is 7.08. The number of hydrogen-bond acceptors (Lipinski definition) is 3. The van der Waals surface area contributed by atoms with Crippen molar-refractivity contribution in [3.8, 4) is 0 Å². The fraction of sp³-hybridized carbons (Fsp3) is 0.562. The number of ether oxygens (including phenoxy) is 1. The van der Waals surface area contributed by atoms with E-state index >= 15 is 0 Å². The van der Waals surface area contributed by atoms with Crippen LogP contribution in [0.1, 0.15) is 55.6 Å². The molecule has 0 atom stereocenters. The summed E-state index contributed by atoms with van der Waals surface area (Å²) >= 11 is 0. The predicted octanol–water partition coefficient (Wildman–Crippen LogP) is 3.60. The van der Waals surface area contributed by atoms with Crippen LogP contribution in [0.15, 0.2) is 12.1 Å². The molecule has 0 aliphatic carbocycles. The van der Waals surface area contributed by atoms with Gasteiger partial charge >= 0.3 is 5.97 Å². The Kier molecular flexibility index (Phi) is 5.87. The van der Waals surface area contributed by atoms with Crippen molar-refractivity contribution in [2.24, 2.45) is 5.92 Å². The number of rotatable bonds is 6. The fourth-order valence-corrected chi connectivity index (χ4v) is 2.19. The Hall–Kier alpha value is -1.51. The van der Waals surface area contributed by atoms with E-state index in [-0.39, 0.29) is 5.97 Å². The quantitative estimate of drug-likeness (QED) is 0.630. The highest BCUT2D eigenvalue weighted by atomic mass is 16.5. The van der Waals surface area contributed by atoms with Crippen molar-refractivity contribution < 1.29 is 9.53 Å². The lowest BCUT2D eigenvalue weighted by Gasteiger charge is -2.15. The molecule has 1 aromatic rings. The molecule has 106 valence electrons. The van der Waals surface area contributed by atoms with Crippen LogP contribution in [0.25, 0.3) is 0 Å². The summed E-state index contributed by atoms with van der Waals surface area (Å²) in [6, 6.07) is 3.81. The Morgan fingerprint density at radius 1 is 1.32 bits per heavy atom. The fourth-order valence-electron chi connectivity index (χ4n) is 2.19. The number of benzene rings is 1. The standard InChI is InChI=1S/C16H25NO2/c1-5-13-12(8-7-11(3)4)9-10-14(15(13)17)16(18)19-6-2/h9-11H,5-8,17H2,1-4H3. The van der Waals surface area contributed by atoms with Crippen LogP contribution in [0.4, 0.5) is 5.69 Å². The Bertz CT molecular complexity index is 439. The number of carbonyl (C=O) groups excluding carboxylic acids is 1. The minimum Gasteiger partial charge on any atom is -0.462 e. The molecule has 1 rings (SSSR count). The summed E-state index contributed by atoms with van der Waals surface area (Å²) in [5, 5.41) is 0. The zero-order chi connectivity index (χ0) is 14.4. The summed E-state index contributed by atoms with van der Waals surface area (Å²) in [6.45, 7) is 8.66. The lowest BCUT2D eigenvalue weighted by Crippen LogP contribution is -2.11. The van der Waals surface area contributed by atoms with Crippen molar-refractivity contribution in [2.45, 2.75) is 47.0 Å². The average molecular weight is 263 g/mol. The summed E-state index contributed by atoms with van der Waals surface area (Å²) in [7, 11) is 0. The molecule has 0 aliphatic rings. The highest BCUT2D eigenvalue weighted by Crippen LogP contribution is 2.25. The molecule has 1 aromatic carbocycles. The maximum absolute atomic E-state index is 11.8. The van der Waals surface area contributed by atoms with Crippen molar-refractivity contribution in [3.05, 3.63) is 28.8 Å². The third-order valence-electron chi connectivity index (χ3n) is 3.29. The van der Waals surface area contributed by atoms with Gasteiger partial charge < -0.3 is 10.5 Å². The van der Waals surface area contributed by atoms with Gasteiger partial charge in [0, 0.05) is 5.69 Å². The van der Waals surface area contributed by atoms with E-state index in [4.69, 9.17) is 10.5 Å². The van der Waals surface area contributed by atoms with E-state index in [1.165, 1.54) is 5.56 Å². The largest absolute Gasteiger partial charge is 0.462 e. The topological polar surface area (TPSA) is 52.3 Å². The molecule has 0 unspecified atom stereocenters. The lowest BCUT2D eigenvalue weighted by molar-refractivity contribution is 0.0527. The Balaban J connectivity index is 3.04. The van der Waals surface area contributed by atoms with E-state index in [0.29, 0.717) is 23.8 Å². The summed E-state index contributed by atoms with van der Waals surface area (Å²) < 4.78 is 5.03. The number of hydrogen-bond donors (Lipinski definition) is 1. The summed E-state index contributed by atoms with van der Waals surface area (Å²) in [4.78, 5) is 11.8. The number of aryl methyl sites for hydroxylation is 1. The second kappa shape index (κ2) is 7.17. The van der Waals surface area contributed by atoms with Crippen LogP contribution in [0.5, 0.6) is 0 Å². The maximum atomic E-state index is 11.8. The molecule has 0 fully saturated rings. The number of nitrogen functional groups attached to an aromatic ring is 1. The Labute approximate surface area is 116 Å². The van der Waals surface area contributed by atoms with E-state index in [0.717, 1.165) is 24.8 Å². The van der Waals surface area contributed by atoms with Crippen LogP contribution in [0, 0.1) is 5.92 Å². The van der Waals surface area contributed by atoms with E-state index in [1.807, 2.05) is 6.07 Å². The van der Waals surface area contributed by atoms with Crippen molar-refractivity contribution in [1.82, 2.24) is 0 Å². The van der Waals surface area contributed by atoms with E-state index in [1.54, 1.807) is 13.0 Å². The van der Waals surface area contributed by atoms with Gasteiger partial charge in [0.25, 0.3) is 0 Å². The second-order valence-corrected chi connectivity index (χ2v) is 5.17. The molecule has 0 bridgehead atoms. The smallest absolute Gasteiger partial charge is 0.340 e. The molecule has 0 heterocycles. The van der Waals surface area contributed by atoms with Crippen LogP contribution in [0.2, 0.25) is 0 Å². The zero-order valence-electron chi connectivity index (χ0n) is 12.5. The van der Waals surface area contributed by atoms with Gasteiger partial charge in [-0.2, -0.15) is 0 Å². The second-order valence-electron chi connectivity index (χ2n) is 5.17. The number of anilines is 1. The molecule has 3 nitrogen and oxygen atoms in total. The Morgan fingerprint density at radius 3 is 2.53 bits per heavy atom. The minimum atomic E-state index is -0.329. The maximum Gasteiger partial charge on any atom is 0.340 e. The van der Waals surface area contributed by atoms with Crippen LogP contribution in [-0.4, -0.2) is 12.6 Å². The van der Waals surface area contributed by atoms with Gasteiger partial charge in [0.1, 0.15) is 0 Å². The van der Waals surface area contributed by atoms with E-state index < -0.39 is 0 Å². The third kappa shape index (κ3) is 3.98. The first kappa shape index (κ1) is 15.5. The molecule has 19 heavy (non-hydrogen) atoms. The highest BCUT2D eigenvalue weighted by molar-refractivity contribution is 5.96. The van der Waals surface area contributed by atoms with E-state index in [2.05, 4.69) is 20.8 Å². The summed E-state index contributed by atoms with van der Waals surface area (Å²) in [6.07, 6.45) is 2.98. The Morgan fingerprint density at radius 2 is 2.00 bits per heavy atom. The molecule has 0 amide bonds. The normalized spacial score (nSPS) is 10.8. The van der Waals surface area contributed by atoms with Gasteiger partial charge in [-0.15, -0.1) is 0 Å². The van der Waals surface area contributed by atoms with Gasteiger partial charge in [-0.25, -0.2) is 4.79 Å². The molecule has 0 saturated carbocycles. The van der Waals surface area contributed by atoms with Gasteiger partial charge in [-0.3, -0.25) is 0 Å². The summed E-state index contributed by atoms with van der Waals surface area (Å²) in [5.41, 5.74) is 9.55. The van der Waals surface area contributed by atoms with Gasteiger partial charge in [-0.05, 0) is 49.3 Å². The van der Waals surface area contributed by atoms with Gasteiger partial charge in [0.15, 0.2) is 0 Å². The first-order valence-electron chi connectivity index (χ1n) is 7.08. The van der Waals surface area contributed by atoms with Crippen molar-refractivity contribution in [2.75, 3.05) is 12.3 Å². The molecule has 3 heteroatoms. The van der Waals surface area contributed by atoms with E-state index in [9.17, 15) is 4.79 Å². The molecular formula is C16H25NO2. The number of carbonyl (C=O) groups is 1. The predicted molar refractivity (Wildman–Crippen MR) is 79.3 cm³/mol. The zero-order valence-corrected chi connectivity index (χ0v) is 12.5. The van der Waals surface area contributed by atoms with Crippen LogP contribution in [0.3, 0.4) is 0 Å². The number of nitrogens with two attached hydrogens (primary N) is 1. The first-order chi connectivity index (χ1) is 9.01. The molecule has 0 aliphatic heterocycles. The minimum absolute atomic E-state index is 0.329. The van der Waals surface area contributed by atoms with Gasteiger partial charge in [0.05, 0.1) is 12.2 Å². The average Bonchev–Trinajstić information content (AvgIpc) is 2.36. The van der Waals surface area contributed by atoms with Crippen LogP contribution in [-0.2, 0) is 17.6 Å². The van der Waals surface area contributed by atoms with Gasteiger partial charge in [-0.1, -0.05) is 26.8 Å². The lowest BCUT2D eigenvalue weighted by atomic mass is 9.94. The van der Waals surface area contributed by atoms with Crippen LogP contribution < -0.4 is 5.73 Å². The highest BCUT2D eigenvalue weighted by Gasteiger charge is 2.15. The SMILES string of the molecule is CCOC(=O)c1ccc(CCC(C)C)c(CC)c1N. The monoisotopic (exact) mass is 263 g/mol. The van der Waals surface area contributed by atoms with Crippen molar-refractivity contribution >= 4 is 11.7 Å². The third-order valence-corrected chi connectivity index (χ3v) is 3.29. The molecular weight excluding hydrogens is 238 g/mol. The molecule has 0 saturated heterocycles.